The van der Waals surface area contributed by atoms with Gasteiger partial charge >= 0.3 is 0 Å². The van der Waals surface area contributed by atoms with Gasteiger partial charge in [-0.05, 0) is 29.9 Å². The second-order valence-corrected chi connectivity index (χ2v) is 4.84. The van der Waals surface area contributed by atoms with Gasteiger partial charge in [0.2, 0.25) is 0 Å². The highest BCUT2D eigenvalue weighted by Gasteiger charge is 2.11. The van der Waals surface area contributed by atoms with Gasteiger partial charge in [0.15, 0.2) is 0 Å². The molecule has 0 aromatic carbocycles. The molecule has 0 spiro atoms. The lowest BCUT2D eigenvalue weighted by Crippen LogP contribution is -2.07. The van der Waals surface area contributed by atoms with E-state index in [1.54, 1.807) is 0 Å². The first-order valence-corrected chi connectivity index (χ1v) is 6.25. The van der Waals surface area contributed by atoms with Crippen molar-refractivity contribution in [3.8, 4) is 0 Å². The Hall–Kier alpha value is -1.14. The van der Waals surface area contributed by atoms with Gasteiger partial charge in [-0.3, -0.25) is 9.36 Å². The molecule has 1 N–H and O–H groups in total. The molecule has 2 aromatic rings. The standard InChI is InChI=1S/C11H16BrN5/c1-8-11(12)10(16(3)15-8)7-17-6-9(4-13-2)5-14-17/h5-6,13H,4,7H2,1-3H3. The van der Waals surface area contributed by atoms with Crippen molar-refractivity contribution in [3.63, 3.8) is 0 Å². The summed E-state index contributed by atoms with van der Waals surface area (Å²) in [6.45, 7) is 3.55. The molecule has 0 aliphatic heterocycles. The molecule has 0 saturated heterocycles. The summed E-state index contributed by atoms with van der Waals surface area (Å²) in [5.41, 5.74) is 3.31. The Kier molecular flexibility index (Phi) is 3.63. The molecule has 92 valence electrons. The van der Waals surface area contributed by atoms with Crippen molar-refractivity contribution in [3.05, 3.63) is 33.8 Å². The third-order valence-electron chi connectivity index (χ3n) is 2.64. The zero-order chi connectivity index (χ0) is 12.4. The maximum absolute atomic E-state index is 4.37. The highest BCUT2D eigenvalue weighted by atomic mass is 79.9. The predicted molar refractivity (Wildman–Crippen MR) is 69.7 cm³/mol. The molecule has 0 saturated carbocycles. The topological polar surface area (TPSA) is 47.7 Å². The van der Waals surface area contributed by atoms with Crippen LogP contribution in [-0.4, -0.2) is 26.6 Å². The molecule has 6 heteroatoms. The van der Waals surface area contributed by atoms with Crippen molar-refractivity contribution >= 4 is 15.9 Å². The summed E-state index contributed by atoms with van der Waals surface area (Å²) in [5, 5.41) is 11.8. The van der Waals surface area contributed by atoms with Crippen molar-refractivity contribution in [1.82, 2.24) is 24.9 Å². The van der Waals surface area contributed by atoms with E-state index in [-0.39, 0.29) is 0 Å². The smallest absolute Gasteiger partial charge is 0.0839 e. The lowest BCUT2D eigenvalue weighted by molar-refractivity contribution is 0.616. The third-order valence-corrected chi connectivity index (χ3v) is 3.67. The molecule has 0 radical (unpaired) electrons. The Labute approximate surface area is 109 Å². The van der Waals surface area contributed by atoms with Crippen molar-refractivity contribution < 1.29 is 0 Å². The molecule has 0 aliphatic carbocycles. The van der Waals surface area contributed by atoms with E-state index in [4.69, 9.17) is 0 Å². The fourth-order valence-corrected chi connectivity index (χ4v) is 2.25. The molecule has 2 heterocycles. The first kappa shape index (κ1) is 12.3. The van der Waals surface area contributed by atoms with Gasteiger partial charge in [-0.25, -0.2) is 0 Å². The highest BCUT2D eigenvalue weighted by molar-refractivity contribution is 9.10. The van der Waals surface area contributed by atoms with E-state index < -0.39 is 0 Å². The number of rotatable bonds is 4. The maximum Gasteiger partial charge on any atom is 0.0839 e. The summed E-state index contributed by atoms with van der Waals surface area (Å²) in [4.78, 5) is 0. The van der Waals surface area contributed by atoms with E-state index in [9.17, 15) is 0 Å². The highest BCUT2D eigenvalue weighted by Crippen LogP contribution is 2.20. The average molecular weight is 298 g/mol. The largest absolute Gasteiger partial charge is 0.316 e. The number of aromatic nitrogens is 4. The Morgan fingerprint density at radius 2 is 2.24 bits per heavy atom. The van der Waals surface area contributed by atoms with Gasteiger partial charge in [0, 0.05) is 25.4 Å². The van der Waals surface area contributed by atoms with Crippen LogP contribution in [0.1, 0.15) is 17.0 Å². The summed E-state index contributed by atoms with van der Waals surface area (Å²) in [6, 6.07) is 0. The zero-order valence-corrected chi connectivity index (χ0v) is 11.8. The van der Waals surface area contributed by atoms with Gasteiger partial charge in [-0.2, -0.15) is 10.2 Å². The van der Waals surface area contributed by atoms with Crippen LogP contribution in [0, 0.1) is 6.92 Å². The van der Waals surface area contributed by atoms with Crippen LogP contribution >= 0.6 is 15.9 Å². The lowest BCUT2D eigenvalue weighted by atomic mass is 10.3. The molecule has 0 amide bonds. The van der Waals surface area contributed by atoms with Gasteiger partial charge in [-0.15, -0.1) is 0 Å². The molecular weight excluding hydrogens is 282 g/mol. The van der Waals surface area contributed by atoms with Crippen LogP contribution in [0.15, 0.2) is 16.9 Å². The Balaban J connectivity index is 2.19. The van der Waals surface area contributed by atoms with Gasteiger partial charge < -0.3 is 5.32 Å². The Morgan fingerprint density at radius 1 is 1.47 bits per heavy atom. The van der Waals surface area contributed by atoms with Gasteiger partial charge in [0.25, 0.3) is 0 Å². The first-order chi connectivity index (χ1) is 8.11. The van der Waals surface area contributed by atoms with Crippen LogP contribution < -0.4 is 5.32 Å². The molecule has 5 nitrogen and oxygen atoms in total. The molecule has 2 rings (SSSR count). The third kappa shape index (κ3) is 2.58. The van der Waals surface area contributed by atoms with Gasteiger partial charge in [-0.1, -0.05) is 0 Å². The maximum atomic E-state index is 4.37. The zero-order valence-electron chi connectivity index (χ0n) is 10.2. The van der Waals surface area contributed by atoms with E-state index in [0.29, 0.717) is 0 Å². The van der Waals surface area contributed by atoms with E-state index in [2.05, 4.69) is 31.4 Å². The van der Waals surface area contributed by atoms with Crippen LogP contribution in [0.25, 0.3) is 0 Å². The number of halogens is 1. The molecular formula is C11H16BrN5. The Morgan fingerprint density at radius 3 is 2.82 bits per heavy atom. The fourth-order valence-electron chi connectivity index (χ4n) is 1.79. The van der Waals surface area contributed by atoms with Crippen molar-refractivity contribution in [2.45, 2.75) is 20.0 Å². The molecule has 0 unspecified atom stereocenters. The van der Waals surface area contributed by atoms with Gasteiger partial charge in [0.05, 0.1) is 28.6 Å². The summed E-state index contributed by atoms with van der Waals surface area (Å²) in [5.74, 6) is 0. The number of nitrogens with zero attached hydrogens (tertiary/aromatic N) is 4. The molecule has 2 aromatic heterocycles. The lowest BCUT2D eigenvalue weighted by Gasteiger charge is -2.03. The van der Waals surface area contributed by atoms with Crippen molar-refractivity contribution in [2.24, 2.45) is 7.05 Å². The van der Waals surface area contributed by atoms with Gasteiger partial charge in [0.1, 0.15) is 0 Å². The first-order valence-electron chi connectivity index (χ1n) is 5.45. The quantitative estimate of drug-likeness (QED) is 0.929. The number of hydrogen-bond acceptors (Lipinski definition) is 3. The number of hydrogen-bond donors (Lipinski definition) is 1. The van der Waals surface area contributed by atoms with E-state index in [0.717, 1.165) is 29.0 Å². The van der Waals surface area contributed by atoms with Crippen LogP contribution in [0.5, 0.6) is 0 Å². The average Bonchev–Trinajstić information content (AvgIpc) is 2.81. The van der Waals surface area contributed by atoms with Crippen LogP contribution in [0.4, 0.5) is 0 Å². The van der Waals surface area contributed by atoms with E-state index in [1.807, 2.05) is 42.8 Å². The second kappa shape index (κ2) is 5.01. The summed E-state index contributed by atoms with van der Waals surface area (Å²) < 4.78 is 4.87. The number of aryl methyl sites for hydroxylation is 2. The minimum Gasteiger partial charge on any atom is -0.316 e. The van der Waals surface area contributed by atoms with Crippen molar-refractivity contribution in [1.29, 1.82) is 0 Å². The molecule has 0 aliphatic rings. The van der Waals surface area contributed by atoms with Crippen LogP contribution in [-0.2, 0) is 20.1 Å². The van der Waals surface area contributed by atoms with E-state index >= 15 is 0 Å². The minimum absolute atomic E-state index is 0.724. The fraction of sp³-hybridized carbons (Fsp3) is 0.455. The van der Waals surface area contributed by atoms with Crippen LogP contribution in [0.2, 0.25) is 0 Å². The molecule has 0 bridgehead atoms. The van der Waals surface area contributed by atoms with E-state index in [1.165, 1.54) is 5.56 Å². The summed E-state index contributed by atoms with van der Waals surface area (Å²) >= 11 is 3.56. The SMILES string of the molecule is CNCc1cnn(Cc2c(Br)c(C)nn2C)c1. The molecule has 0 fully saturated rings. The second-order valence-electron chi connectivity index (χ2n) is 4.05. The summed E-state index contributed by atoms with van der Waals surface area (Å²) in [7, 11) is 3.88. The predicted octanol–water partition coefficient (Wildman–Crippen LogP) is 1.46. The Bertz CT molecular complexity index is 514. The van der Waals surface area contributed by atoms with Crippen molar-refractivity contribution in [2.75, 3.05) is 7.05 Å². The normalized spacial score (nSPS) is 11.1. The van der Waals surface area contributed by atoms with Crippen LogP contribution in [0.3, 0.4) is 0 Å². The molecule has 17 heavy (non-hydrogen) atoms. The number of nitrogens with one attached hydrogen (secondary N) is 1. The minimum atomic E-state index is 0.724. The molecule has 0 atom stereocenters. The monoisotopic (exact) mass is 297 g/mol. The summed E-state index contributed by atoms with van der Waals surface area (Å²) in [6.07, 6.45) is 3.93.